The number of aromatic amines is 2. The van der Waals surface area contributed by atoms with Crippen molar-refractivity contribution in [3.8, 4) is 22.6 Å². The van der Waals surface area contributed by atoms with Crippen LogP contribution in [0.15, 0.2) is 98.0 Å². The van der Waals surface area contributed by atoms with Crippen LogP contribution in [0, 0.1) is 5.82 Å². The molecule has 0 fully saturated rings. The van der Waals surface area contributed by atoms with Gasteiger partial charge in [0, 0.05) is 40.3 Å². The number of hydrogen-bond acceptors (Lipinski definition) is 3. The highest BCUT2D eigenvalue weighted by Gasteiger charge is 2.13. The predicted molar refractivity (Wildman–Crippen MR) is 160 cm³/mol. The second-order valence-electron chi connectivity index (χ2n) is 9.74. The number of nitrogens with one attached hydrogen (secondary N) is 2. The van der Waals surface area contributed by atoms with E-state index in [2.05, 4.69) is 68.1 Å². The Morgan fingerprint density at radius 1 is 0.925 bits per heavy atom. The Hall–Kier alpha value is -5.10. The first kappa shape index (κ1) is 25.2. The maximum atomic E-state index is 13.5. The zero-order valence-corrected chi connectivity index (χ0v) is 22.2. The van der Waals surface area contributed by atoms with Crippen molar-refractivity contribution in [1.29, 1.82) is 0 Å². The van der Waals surface area contributed by atoms with Crippen molar-refractivity contribution in [2.75, 3.05) is 0 Å². The van der Waals surface area contributed by atoms with Gasteiger partial charge in [-0.25, -0.2) is 4.39 Å². The van der Waals surface area contributed by atoms with E-state index >= 15 is 0 Å². The predicted octanol–water partition coefficient (Wildman–Crippen LogP) is 6.23. The van der Waals surface area contributed by atoms with E-state index in [-0.39, 0.29) is 5.82 Å². The number of pyridine rings is 2. The molecule has 2 N–H and O–H groups in total. The first-order valence-corrected chi connectivity index (χ1v) is 13.2. The summed E-state index contributed by atoms with van der Waals surface area (Å²) in [5, 5.41) is 10.6. The average Bonchev–Trinajstić information content (AvgIpc) is 3.61. The van der Waals surface area contributed by atoms with Gasteiger partial charge in [0.2, 0.25) is 0 Å². The molecule has 5 nitrogen and oxygen atoms in total. The van der Waals surface area contributed by atoms with Crippen LogP contribution in [0.25, 0.3) is 51.3 Å². The largest absolute Gasteiger partial charge is 0.353 e. The first-order valence-electron chi connectivity index (χ1n) is 13.2. The quantitative estimate of drug-likeness (QED) is 0.259. The number of hydrogen-bond donors (Lipinski definition) is 2. The van der Waals surface area contributed by atoms with E-state index < -0.39 is 0 Å². The average molecular weight is 526 g/mol. The summed E-state index contributed by atoms with van der Waals surface area (Å²) in [7, 11) is 0. The van der Waals surface area contributed by atoms with Crippen molar-refractivity contribution in [2.24, 2.45) is 0 Å². The lowest BCUT2D eigenvalue weighted by molar-refractivity contribution is 0.628. The van der Waals surface area contributed by atoms with Crippen molar-refractivity contribution >= 4 is 28.6 Å². The molecular formula is C34H28FN5. The van der Waals surface area contributed by atoms with Crippen LogP contribution >= 0.6 is 0 Å². The maximum absolute atomic E-state index is 13.5. The molecular weight excluding hydrogens is 497 g/mol. The van der Waals surface area contributed by atoms with Gasteiger partial charge in [-0.2, -0.15) is 5.10 Å². The fraction of sp³-hybridized carbons (Fsp3) is 0.0882. The van der Waals surface area contributed by atoms with E-state index in [4.69, 9.17) is 0 Å². The number of aromatic nitrogens is 5. The van der Waals surface area contributed by atoms with Gasteiger partial charge in [-0.05, 0) is 90.6 Å². The minimum atomic E-state index is -0.275. The SMILES string of the molecule is C=C(/C=c1/c(-c2cc3c(-c4ccc(F)cc4)nccc3[nH]2)n[nH]/c1=C/C)c1cncc(CCc2ccccc2)c1. The molecule has 0 amide bonds. The standard InChI is InChI=1S/C34H28FN5/c1-3-30-28(17-22(2)26-18-24(20-36-21-26)10-9-23-7-5-4-6-8-23)34(40-39-30)32-19-29-31(38-32)15-16-37-33(29)25-11-13-27(35)14-12-25/h3-8,11-21,38-39H,2,9-10H2,1H3/b28-17+,30-3+. The molecule has 0 spiro atoms. The van der Waals surface area contributed by atoms with Gasteiger partial charge in [0.1, 0.15) is 11.5 Å². The van der Waals surface area contributed by atoms with Gasteiger partial charge in [-0.3, -0.25) is 15.1 Å². The molecule has 0 saturated heterocycles. The van der Waals surface area contributed by atoms with E-state index in [9.17, 15) is 4.39 Å². The molecule has 4 heterocycles. The van der Waals surface area contributed by atoms with Crippen molar-refractivity contribution in [2.45, 2.75) is 19.8 Å². The Morgan fingerprint density at radius 3 is 2.52 bits per heavy atom. The van der Waals surface area contributed by atoms with Crippen molar-refractivity contribution in [1.82, 2.24) is 25.1 Å². The molecule has 0 radical (unpaired) electrons. The van der Waals surface area contributed by atoms with E-state index in [1.807, 2.05) is 43.6 Å². The van der Waals surface area contributed by atoms with Gasteiger partial charge >= 0.3 is 0 Å². The normalized spacial score (nSPS) is 12.3. The fourth-order valence-electron chi connectivity index (χ4n) is 4.95. The van der Waals surface area contributed by atoms with E-state index in [0.29, 0.717) is 0 Å². The van der Waals surface area contributed by atoms with Gasteiger partial charge < -0.3 is 4.98 Å². The molecule has 196 valence electrons. The van der Waals surface area contributed by atoms with E-state index in [1.165, 1.54) is 23.3 Å². The topological polar surface area (TPSA) is 70.2 Å². The minimum Gasteiger partial charge on any atom is -0.353 e. The van der Waals surface area contributed by atoms with Crippen LogP contribution in [0.2, 0.25) is 0 Å². The molecule has 4 aromatic heterocycles. The minimum absolute atomic E-state index is 0.275. The number of fused-ring (bicyclic) bond motifs is 1. The van der Waals surface area contributed by atoms with Crippen LogP contribution in [0.4, 0.5) is 4.39 Å². The molecule has 0 aliphatic rings. The number of halogens is 1. The van der Waals surface area contributed by atoms with Crippen molar-refractivity contribution < 1.29 is 4.39 Å². The number of allylic oxidation sites excluding steroid dienone is 1. The molecule has 6 aromatic rings. The highest BCUT2D eigenvalue weighted by atomic mass is 19.1. The lowest BCUT2D eigenvalue weighted by atomic mass is 10.0. The van der Waals surface area contributed by atoms with Crippen LogP contribution in [-0.2, 0) is 12.8 Å². The maximum Gasteiger partial charge on any atom is 0.123 e. The fourth-order valence-corrected chi connectivity index (χ4v) is 4.95. The van der Waals surface area contributed by atoms with Gasteiger partial charge in [-0.15, -0.1) is 0 Å². The first-order chi connectivity index (χ1) is 19.6. The lowest BCUT2D eigenvalue weighted by Crippen LogP contribution is -2.23. The summed E-state index contributed by atoms with van der Waals surface area (Å²) in [6, 6.07) is 23.0. The molecule has 0 bridgehead atoms. The number of H-pyrrole nitrogens is 2. The summed E-state index contributed by atoms with van der Waals surface area (Å²) >= 11 is 0. The van der Waals surface area contributed by atoms with Crippen LogP contribution in [0.5, 0.6) is 0 Å². The second kappa shape index (κ2) is 10.9. The highest BCUT2D eigenvalue weighted by Crippen LogP contribution is 2.29. The molecule has 0 atom stereocenters. The third-order valence-electron chi connectivity index (χ3n) is 7.07. The van der Waals surface area contributed by atoms with E-state index in [0.717, 1.165) is 68.1 Å². The molecule has 0 aliphatic carbocycles. The molecule has 0 unspecified atom stereocenters. The zero-order chi connectivity index (χ0) is 27.5. The highest BCUT2D eigenvalue weighted by molar-refractivity contribution is 5.96. The summed E-state index contributed by atoms with van der Waals surface area (Å²) < 4.78 is 13.5. The van der Waals surface area contributed by atoms with Crippen LogP contribution in [0.1, 0.15) is 23.6 Å². The summed E-state index contributed by atoms with van der Waals surface area (Å²) in [6.45, 7) is 6.35. The van der Waals surface area contributed by atoms with Crippen LogP contribution < -0.4 is 10.6 Å². The smallest absolute Gasteiger partial charge is 0.123 e. The van der Waals surface area contributed by atoms with Gasteiger partial charge in [0.25, 0.3) is 0 Å². The van der Waals surface area contributed by atoms with Gasteiger partial charge in [0.05, 0.1) is 16.7 Å². The molecule has 0 saturated carbocycles. The van der Waals surface area contributed by atoms with Crippen LogP contribution in [0.3, 0.4) is 0 Å². The van der Waals surface area contributed by atoms with E-state index in [1.54, 1.807) is 18.3 Å². The summed E-state index contributed by atoms with van der Waals surface area (Å²) in [5.41, 5.74) is 8.49. The number of aryl methyl sites for hydroxylation is 2. The lowest BCUT2D eigenvalue weighted by Gasteiger charge is -2.05. The van der Waals surface area contributed by atoms with Gasteiger partial charge in [-0.1, -0.05) is 43.0 Å². The summed E-state index contributed by atoms with van der Waals surface area (Å²) in [5.74, 6) is -0.275. The van der Waals surface area contributed by atoms with Crippen LogP contribution in [-0.4, -0.2) is 25.1 Å². The number of benzene rings is 2. The Balaban J connectivity index is 1.35. The van der Waals surface area contributed by atoms with Gasteiger partial charge in [0.15, 0.2) is 0 Å². The monoisotopic (exact) mass is 525 g/mol. The summed E-state index contributed by atoms with van der Waals surface area (Å²) in [4.78, 5) is 12.6. The Labute approximate surface area is 231 Å². The molecule has 0 aliphatic heterocycles. The zero-order valence-electron chi connectivity index (χ0n) is 22.2. The molecule has 6 heteroatoms. The third-order valence-corrected chi connectivity index (χ3v) is 7.07. The summed E-state index contributed by atoms with van der Waals surface area (Å²) in [6.07, 6.45) is 11.4. The molecule has 40 heavy (non-hydrogen) atoms. The molecule has 6 rings (SSSR count). The third kappa shape index (κ3) is 5.12. The number of nitrogens with zero attached hydrogens (tertiary/aromatic N) is 3. The van der Waals surface area contributed by atoms with Crippen molar-refractivity contribution in [3.05, 3.63) is 131 Å². The Kier molecular flexibility index (Phi) is 6.89. The molecule has 2 aromatic carbocycles. The Bertz CT molecular complexity index is 1930. The number of rotatable bonds is 7. The van der Waals surface area contributed by atoms with Crippen molar-refractivity contribution in [3.63, 3.8) is 0 Å². The second-order valence-corrected chi connectivity index (χ2v) is 9.74. The Morgan fingerprint density at radius 2 is 1.73 bits per heavy atom.